The van der Waals surface area contributed by atoms with E-state index in [0.717, 1.165) is 31.2 Å². The van der Waals surface area contributed by atoms with Gasteiger partial charge in [-0.2, -0.15) is 0 Å². The van der Waals surface area contributed by atoms with Crippen LogP contribution < -0.4 is 5.32 Å². The number of hydrogen-bond donors (Lipinski definition) is 2. The number of hydrogen-bond acceptors (Lipinski definition) is 3. The van der Waals surface area contributed by atoms with Crippen molar-refractivity contribution in [1.82, 2.24) is 10.3 Å². The fraction of sp³-hybridized carbons (Fsp3) is 0.533. The summed E-state index contributed by atoms with van der Waals surface area (Å²) in [6.45, 7) is 0.463. The van der Waals surface area contributed by atoms with E-state index < -0.39 is 5.97 Å². The second kappa shape index (κ2) is 6.50. The molecule has 1 aliphatic carbocycles. The van der Waals surface area contributed by atoms with Gasteiger partial charge in [-0.3, -0.25) is 14.6 Å². The molecule has 5 nitrogen and oxygen atoms in total. The maximum Gasteiger partial charge on any atom is 0.303 e. The van der Waals surface area contributed by atoms with Gasteiger partial charge in [-0.25, -0.2) is 0 Å². The number of rotatable bonds is 6. The number of aromatic nitrogens is 1. The largest absolute Gasteiger partial charge is 0.481 e. The molecular weight excluding hydrogens is 256 g/mol. The third-order valence-electron chi connectivity index (χ3n) is 3.97. The van der Waals surface area contributed by atoms with Crippen LogP contribution in [0.25, 0.3) is 0 Å². The molecule has 1 aromatic rings. The molecule has 0 radical (unpaired) electrons. The Morgan fingerprint density at radius 3 is 2.45 bits per heavy atom. The lowest BCUT2D eigenvalue weighted by Gasteiger charge is -2.26. The Kier molecular flexibility index (Phi) is 4.71. The summed E-state index contributed by atoms with van der Waals surface area (Å²) in [6.07, 6.45) is 7.48. The number of carbonyl (C=O) groups is 2. The van der Waals surface area contributed by atoms with Gasteiger partial charge in [0.1, 0.15) is 0 Å². The number of aliphatic carboxylic acids is 1. The Labute approximate surface area is 118 Å². The van der Waals surface area contributed by atoms with Gasteiger partial charge in [-0.05, 0) is 36.0 Å². The van der Waals surface area contributed by atoms with Gasteiger partial charge in [0.25, 0.3) is 0 Å². The molecule has 20 heavy (non-hydrogen) atoms. The molecule has 0 bridgehead atoms. The average Bonchev–Trinajstić information content (AvgIpc) is 2.85. The Morgan fingerprint density at radius 1 is 1.20 bits per heavy atom. The highest BCUT2D eigenvalue weighted by Crippen LogP contribution is 2.43. The van der Waals surface area contributed by atoms with Gasteiger partial charge < -0.3 is 10.4 Å². The van der Waals surface area contributed by atoms with Crippen LogP contribution in [0, 0.1) is 5.41 Å². The second-order valence-corrected chi connectivity index (χ2v) is 5.59. The number of carboxylic acids is 1. The second-order valence-electron chi connectivity index (χ2n) is 5.59. The SMILES string of the molecule is O=C(O)CC1(CC(=O)NCc2ccncc2)CCCC1. The molecule has 0 saturated heterocycles. The van der Waals surface area contributed by atoms with Crippen molar-refractivity contribution in [3.8, 4) is 0 Å². The van der Waals surface area contributed by atoms with Gasteiger partial charge in [0.15, 0.2) is 0 Å². The summed E-state index contributed by atoms with van der Waals surface area (Å²) in [5.41, 5.74) is 0.654. The molecule has 1 aliphatic rings. The molecule has 0 aliphatic heterocycles. The van der Waals surface area contributed by atoms with Gasteiger partial charge >= 0.3 is 5.97 Å². The van der Waals surface area contributed by atoms with Gasteiger partial charge in [-0.1, -0.05) is 12.8 Å². The van der Waals surface area contributed by atoms with Crippen molar-refractivity contribution in [2.75, 3.05) is 0 Å². The predicted molar refractivity (Wildman–Crippen MR) is 73.9 cm³/mol. The molecule has 5 heteroatoms. The third-order valence-corrected chi connectivity index (χ3v) is 3.97. The number of amides is 1. The zero-order valence-electron chi connectivity index (χ0n) is 11.5. The number of carbonyl (C=O) groups excluding carboxylic acids is 1. The van der Waals surface area contributed by atoms with E-state index >= 15 is 0 Å². The van der Waals surface area contributed by atoms with Crippen LogP contribution in [-0.4, -0.2) is 22.0 Å². The quantitative estimate of drug-likeness (QED) is 0.834. The highest BCUT2D eigenvalue weighted by Gasteiger charge is 2.37. The molecule has 1 heterocycles. The van der Waals surface area contributed by atoms with Gasteiger partial charge in [0.05, 0.1) is 6.42 Å². The molecule has 1 aromatic heterocycles. The summed E-state index contributed by atoms with van der Waals surface area (Å²) in [6, 6.07) is 3.70. The van der Waals surface area contributed by atoms with Crippen molar-refractivity contribution in [1.29, 1.82) is 0 Å². The number of nitrogens with zero attached hydrogens (tertiary/aromatic N) is 1. The molecule has 0 spiro atoms. The molecule has 1 amide bonds. The first-order valence-corrected chi connectivity index (χ1v) is 6.97. The van der Waals surface area contributed by atoms with Crippen LogP contribution in [0.2, 0.25) is 0 Å². The van der Waals surface area contributed by atoms with E-state index in [9.17, 15) is 9.59 Å². The standard InChI is InChI=1S/C15H20N2O3/c18-13(17-11-12-3-7-16-8-4-12)9-15(10-14(19)20)5-1-2-6-15/h3-4,7-8H,1-2,5-6,9-11H2,(H,17,18)(H,19,20). The van der Waals surface area contributed by atoms with E-state index in [1.54, 1.807) is 12.4 Å². The molecule has 1 fully saturated rings. The van der Waals surface area contributed by atoms with Crippen molar-refractivity contribution in [3.05, 3.63) is 30.1 Å². The first kappa shape index (κ1) is 14.5. The van der Waals surface area contributed by atoms with Crippen LogP contribution in [0.4, 0.5) is 0 Å². The van der Waals surface area contributed by atoms with Crippen molar-refractivity contribution >= 4 is 11.9 Å². The van der Waals surface area contributed by atoms with E-state index in [0.29, 0.717) is 13.0 Å². The van der Waals surface area contributed by atoms with Crippen LogP contribution in [0.15, 0.2) is 24.5 Å². The van der Waals surface area contributed by atoms with E-state index in [2.05, 4.69) is 10.3 Å². The smallest absolute Gasteiger partial charge is 0.303 e. The summed E-state index contributed by atoms with van der Waals surface area (Å²) in [4.78, 5) is 26.9. The Hall–Kier alpha value is -1.91. The first-order valence-electron chi connectivity index (χ1n) is 6.97. The fourth-order valence-corrected chi connectivity index (χ4v) is 2.97. The summed E-state index contributed by atoms with van der Waals surface area (Å²) >= 11 is 0. The van der Waals surface area contributed by atoms with Crippen LogP contribution in [0.3, 0.4) is 0 Å². The maximum absolute atomic E-state index is 12.0. The van der Waals surface area contributed by atoms with Crippen molar-refractivity contribution in [2.45, 2.75) is 45.1 Å². The Balaban J connectivity index is 1.87. The lowest BCUT2D eigenvalue weighted by molar-refractivity contribution is -0.140. The molecule has 0 aromatic carbocycles. The fourth-order valence-electron chi connectivity index (χ4n) is 2.97. The van der Waals surface area contributed by atoms with Gasteiger partial charge in [0.2, 0.25) is 5.91 Å². The average molecular weight is 276 g/mol. The minimum atomic E-state index is -0.811. The number of nitrogens with one attached hydrogen (secondary N) is 1. The zero-order chi connectivity index (χ0) is 14.4. The van der Waals surface area contributed by atoms with E-state index in [1.165, 1.54) is 0 Å². The van der Waals surface area contributed by atoms with E-state index in [1.807, 2.05) is 12.1 Å². The summed E-state index contributed by atoms with van der Waals surface area (Å²) < 4.78 is 0. The van der Waals surface area contributed by atoms with E-state index in [-0.39, 0.29) is 17.7 Å². The Morgan fingerprint density at radius 2 is 1.85 bits per heavy atom. The topological polar surface area (TPSA) is 79.3 Å². The lowest BCUT2D eigenvalue weighted by atomic mass is 9.79. The molecule has 0 unspecified atom stereocenters. The summed E-state index contributed by atoms with van der Waals surface area (Å²) in [7, 11) is 0. The van der Waals surface area contributed by atoms with E-state index in [4.69, 9.17) is 5.11 Å². The van der Waals surface area contributed by atoms with Gasteiger partial charge in [0, 0.05) is 25.4 Å². The molecule has 108 valence electrons. The predicted octanol–water partition coefficient (Wildman–Crippen LogP) is 2.12. The van der Waals surface area contributed by atoms with Crippen LogP contribution in [-0.2, 0) is 16.1 Å². The van der Waals surface area contributed by atoms with Crippen molar-refractivity contribution < 1.29 is 14.7 Å². The zero-order valence-corrected chi connectivity index (χ0v) is 11.5. The van der Waals surface area contributed by atoms with Crippen LogP contribution in [0.1, 0.15) is 44.1 Å². The van der Waals surface area contributed by atoms with Crippen molar-refractivity contribution in [2.24, 2.45) is 5.41 Å². The molecule has 2 rings (SSSR count). The molecule has 1 saturated carbocycles. The van der Waals surface area contributed by atoms with Crippen LogP contribution in [0.5, 0.6) is 0 Å². The van der Waals surface area contributed by atoms with Gasteiger partial charge in [-0.15, -0.1) is 0 Å². The molecule has 2 N–H and O–H groups in total. The normalized spacial score (nSPS) is 16.8. The Bertz CT molecular complexity index is 467. The molecule has 0 atom stereocenters. The van der Waals surface area contributed by atoms with Crippen LogP contribution >= 0.6 is 0 Å². The minimum Gasteiger partial charge on any atom is -0.481 e. The third kappa shape index (κ3) is 4.05. The monoisotopic (exact) mass is 276 g/mol. The maximum atomic E-state index is 12.0. The molecular formula is C15H20N2O3. The summed E-state index contributed by atoms with van der Waals surface area (Å²) in [5.74, 6) is -0.876. The minimum absolute atomic E-state index is 0.0648. The number of pyridine rings is 1. The first-order chi connectivity index (χ1) is 9.60. The highest BCUT2D eigenvalue weighted by molar-refractivity contribution is 5.78. The number of carboxylic acid groups (broad SMARTS) is 1. The lowest BCUT2D eigenvalue weighted by Crippen LogP contribution is -2.31. The summed E-state index contributed by atoms with van der Waals surface area (Å²) in [5, 5.41) is 11.9. The van der Waals surface area contributed by atoms with Crippen molar-refractivity contribution in [3.63, 3.8) is 0 Å². The highest BCUT2D eigenvalue weighted by atomic mass is 16.4.